The van der Waals surface area contributed by atoms with Crippen molar-refractivity contribution in [3.8, 4) is 0 Å². The van der Waals surface area contributed by atoms with Crippen LogP contribution in [0, 0.1) is 57.7 Å². The van der Waals surface area contributed by atoms with Gasteiger partial charge in [-0.2, -0.15) is 0 Å². The number of hydrogen-bond acceptors (Lipinski definition) is 1. The number of allylic oxidation sites excluding steroid dienone is 1. The zero-order chi connectivity index (χ0) is 21.3. The highest BCUT2D eigenvalue weighted by Crippen LogP contribution is 2.82. The minimum absolute atomic E-state index is 0.553. The van der Waals surface area contributed by atoms with Gasteiger partial charge in [-0.05, 0) is 116 Å². The first kappa shape index (κ1) is 21.5. The van der Waals surface area contributed by atoms with Gasteiger partial charge in [-0.1, -0.05) is 40.2 Å². The number of rotatable bonds is 7. The number of ether oxygens (including phenoxy) is 1. The van der Waals surface area contributed by atoms with E-state index in [1.807, 2.05) is 7.11 Å². The van der Waals surface area contributed by atoms with Crippen molar-refractivity contribution in [3.05, 3.63) is 12.7 Å². The van der Waals surface area contributed by atoms with Gasteiger partial charge in [0.25, 0.3) is 0 Å². The number of fused-ring (bicyclic) bond motifs is 4. The molecule has 5 fully saturated rings. The van der Waals surface area contributed by atoms with E-state index in [0.717, 1.165) is 35.5 Å². The molecule has 0 aliphatic heterocycles. The van der Waals surface area contributed by atoms with E-state index < -0.39 is 0 Å². The molecule has 5 rings (SSSR count). The summed E-state index contributed by atoms with van der Waals surface area (Å²) in [5.74, 6) is 6.29. The molecular weight excluding hydrogens is 364 g/mol. The highest BCUT2D eigenvalue weighted by atomic mass is 16.5. The summed E-state index contributed by atoms with van der Waals surface area (Å²) in [6.45, 7) is 14.2. The van der Waals surface area contributed by atoms with Crippen LogP contribution in [-0.4, -0.2) is 13.2 Å². The Morgan fingerprint density at radius 3 is 2.53 bits per heavy atom. The Bertz CT molecular complexity index is 667. The van der Waals surface area contributed by atoms with Crippen LogP contribution < -0.4 is 0 Å². The monoisotopic (exact) mass is 412 g/mol. The molecule has 1 nitrogen and oxygen atoms in total. The minimum atomic E-state index is 0.553. The summed E-state index contributed by atoms with van der Waals surface area (Å²) < 4.78 is 6.29. The molecule has 170 valence electrons. The van der Waals surface area contributed by atoms with Gasteiger partial charge in [0.1, 0.15) is 0 Å². The van der Waals surface area contributed by atoms with Gasteiger partial charge >= 0.3 is 0 Å². The van der Waals surface area contributed by atoms with Gasteiger partial charge in [0, 0.05) is 12.5 Å². The average Bonchev–Trinajstić information content (AvgIpc) is 3.24. The highest BCUT2D eigenvalue weighted by molar-refractivity contribution is 5.25. The Balaban J connectivity index is 1.31. The quantitative estimate of drug-likeness (QED) is 0.386. The van der Waals surface area contributed by atoms with Crippen molar-refractivity contribution >= 4 is 0 Å². The van der Waals surface area contributed by atoms with Crippen molar-refractivity contribution in [2.75, 3.05) is 7.11 Å². The summed E-state index contributed by atoms with van der Waals surface area (Å²) in [5.41, 5.74) is 1.75. The summed E-state index contributed by atoms with van der Waals surface area (Å²) in [5, 5.41) is 0. The molecule has 1 heteroatoms. The van der Waals surface area contributed by atoms with Crippen LogP contribution in [0.25, 0.3) is 0 Å². The molecule has 5 saturated carbocycles. The predicted octanol–water partition coefficient (Wildman–Crippen LogP) is 7.90. The average molecular weight is 413 g/mol. The zero-order valence-electron chi connectivity index (χ0n) is 20.6. The van der Waals surface area contributed by atoms with E-state index >= 15 is 0 Å². The van der Waals surface area contributed by atoms with Gasteiger partial charge in [0.05, 0.1) is 6.10 Å². The molecule has 10 atom stereocenters. The number of hydrogen-bond donors (Lipinski definition) is 0. The van der Waals surface area contributed by atoms with Gasteiger partial charge in [-0.15, -0.1) is 6.58 Å². The van der Waals surface area contributed by atoms with Crippen LogP contribution in [-0.2, 0) is 4.74 Å². The lowest BCUT2D eigenvalue weighted by Crippen LogP contribution is -2.56. The van der Waals surface area contributed by atoms with E-state index in [1.165, 1.54) is 70.6 Å². The third-order valence-corrected chi connectivity index (χ3v) is 12.3. The van der Waals surface area contributed by atoms with E-state index in [4.69, 9.17) is 4.74 Å². The standard InChI is InChI=1S/C29H48O/c1-7-20(19(2)3)9-8-10-21-11-12-24-23-17-26(30-6)29-18-22(29)13-16-28(29,5)25(23)14-15-27(21,24)4/h7,19-26H,1,8-18H2,2-6H3/t20?,21?,22-,23?,24?,25?,26?,27?,28?,29?/m1/s1. The molecule has 5 aliphatic rings. The summed E-state index contributed by atoms with van der Waals surface area (Å²) in [7, 11) is 2.03. The van der Waals surface area contributed by atoms with Crippen LogP contribution in [0.5, 0.6) is 0 Å². The smallest absolute Gasteiger partial charge is 0.0638 e. The molecule has 0 aromatic heterocycles. The fourth-order valence-electron chi connectivity index (χ4n) is 10.5. The van der Waals surface area contributed by atoms with Crippen LogP contribution in [0.2, 0.25) is 0 Å². The first-order valence-electron chi connectivity index (χ1n) is 13.5. The van der Waals surface area contributed by atoms with Crippen molar-refractivity contribution < 1.29 is 4.74 Å². The van der Waals surface area contributed by atoms with E-state index in [2.05, 4.69) is 40.3 Å². The topological polar surface area (TPSA) is 9.23 Å². The summed E-state index contributed by atoms with van der Waals surface area (Å²) in [6, 6.07) is 0. The molecule has 30 heavy (non-hydrogen) atoms. The van der Waals surface area contributed by atoms with E-state index in [0.29, 0.717) is 28.3 Å². The lowest BCUT2D eigenvalue weighted by Gasteiger charge is -2.60. The van der Waals surface area contributed by atoms with Gasteiger partial charge in [0.2, 0.25) is 0 Å². The zero-order valence-corrected chi connectivity index (χ0v) is 20.6. The molecule has 0 amide bonds. The number of methoxy groups -OCH3 is 1. The molecule has 1 spiro atoms. The van der Waals surface area contributed by atoms with Crippen LogP contribution in [0.4, 0.5) is 0 Å². The van der Waals surface area contributed by atoms with E-state index in [-0.39, 0.29) is 0 Å². The Labute approximate surface area is 186 Å². The third kappa shape index (κ3) is 2.75. The molecule has 0 bridgehead atoms. The summed E-state index contributed by atoms with van der Waals surface area (Å²) in [4.78, 5) is 0. The Morgan fingerprint density at radius 1 is 1.07 bits per heavy atom. The van der Waals surface area contributed by atoms with Gasteiger partial charge in [-0.3, -0.25) is 0 Å². The molecule has 9 unspecified atom stereocenters. The molecule has 0 N–H and O–H groups in total. The van der Waals surface area contributed by atoms with Crippen LogP contribution in [0.15, 0.2) is 12.7 Å². The largest absolute Gasteiger partial charge is 0.381 e. The van der Waals surface area contributed by atoms with Gasteiger partial charge in [0.15, 0.2) is 0 Å². The normalized spacial score (nSPS) is 52.3. The maximum Gasteiger partial charge on any atom is 0.0638 e. The maximum absolute atomic E-state index is 6.29. The molecule has 0 aromatic carbocycles. The SMILES string of the molecule is C=CC(CCCC1CCC2C3CC(OC)C45C[C@H]4CCC5(C)C3CCC12C)C(C)C. The summed E-state index contributed by atoms with van der Waals surface area (Å²) in [6.07, 6.45) is 18.8. The Hall–Kier alpha value is -0.300. The second-order valence-electron chi connectivity index (χ2n) is 13.1. The first-order chi connectivity index (χ1) is 14.3. The molecule has 0 aromatic rings. The predicted molar refractivity (Wildman–Crippen MR) is 126 cm³/mol. The van der Waals surface area contributed by atoms with E-state index in [1.54, 1.807) is 0 Å². The maximum atomic E-state index is 6.29. The first-order valence-corrected chi connectivity index (χ1v) is 13.5. The van der Waals surface area contributed by atoms with Crippen molar-refractivity contribution in [2.45, 2.75) is 104 Å². The third-order valence-electron chi connectivity index (χ3n) is 12.3. The van der Waals surface area contributed by atoms with Gasteiger partial charge in [-0.25, -0.2) is 0 Å². The second-order valence-corrected chi connectivity index (χ2v) is 13.1. The van der Waals surface area contributed by atoms with Crippen LogP contribution in [0.1, 0.15) is 98.3 Å². The summed E-state index contributed by atoms with van der Waals surface area (Å²) >= 11 is 0. The molecule has 0 radical (unpaired) electrons. The van der Waals surface area contributed by atoms with Crippen molar-refractivity contribution in [1.82, 2.24) is 0 Å². The molecule has 0 heterocycles. The molecule has 5 aliphatic carbocycles. The lowest BCUT2D eigenvalue weighted by atomic mass is 9.45. The van der Waals surface area contributed by atoms with Gasteiger partial charge < -0.3 is 4.74 Å². The van der Waals surface area contributed by atoms with Crippen LogP contribution in [0.3, 0.4) is 0 Å². The fourth-order valence-corrected chi connectivity index (χ4v) is 10.5. The Kier molecular flexibility index (Phi) is 5.28. The lowest BCUT2D eigenvalue weighted by molar-refractivity contribution is -0.159. The second kappa shape index (κ2) is 7.36. The minimum Gasteiger partial charge on any atom is -0.381 e. The Morgan fingerprint density at radius 2 is 1.87 bits per heavy atom. The van der Waals surface area contributed by atoms with Crippen molar-refractivity contribution in [2.24, 2.45) is 57.7 Å². The highest BCUT2D eigenvalue weighted by Gasteiger charge is 2.77. The van der Waals surface area contributed by atoms with E-state index in [9.17, 15) is 0 Å². The van der Waals surface area contributed by atoms with Crippen molar-refractivity contribution in [3.63, 3.8) is 0 Å². The molecular formula is C29H48O. The molecule has 0 saturated heterocycles. The van der Waals surface area contributed by atoms with Crippen molar-refractivity contribution in [1.29, 1.82) is 0 Å². The van der Waals surface area contributed by atoms with Crippen LogP contribution >= 0.6 is 0 Å². The fraction of sp³-hybridized carbons (Fsp3) is 0.931.